The minimum absolute atomic E-state index is 0.01000. The number of ketones is 1. The molecule has 1 aromatic heterocycles. The van der Waals surface area contributed by atoms with E-state index < -0.39 is 5.63 Å². The predicted octanol–water partition coefficient (Wildman–Crippen LogP) is 1.24. The van der Waals surface area contributed by atoms with E-state index >= 15 is 0 Å². The van der Waals surface area contributed by atoms with Gasteiger partial charge in [0.15, 0.2) is 0 Å². The molecule has 13 heavy (non-hydrogen) atoms. The Labute approximate surface area is 82.3 Å². The van der Waals surface area contributed by atoms with Crippen molar-refractivity contribution in [2.75, 3.05) is 0 Å². The summed E-state index contributed by atoms with van der Waals surface area (Å²) in [4.78, 5) is 21.6. The van der Waals surface area contributed by atoms with Gasteiger partial charge < -0.3 is 9.52 Å². The van der Waals surface area contributed by atoms with Gasteiger partial charge in [-0.15, -0.1) is 0 Å². The van der Waals surface area contributed by atoms with Crippen LogP contribution in [0.1, 0.15) is 12.7 Å². The van der Waals surface area contributed by atoms with Crippen LogP contribution in [-0.2, 0) is 11.2 Å². The largest absolute Gasteiger partial charge is 0.506 e. The lowest BCUT2D eigenvalue weighted by Crippen LogP contribution is -2.05. The summed E-state index contributed by atoms with van der Waals surface area (Å²) in [5, 5.41) is 9.18. The van der Waals surface area contributed by atoms with Crippen LogP contribution in [0.3, 0.4) is 0 Å². The first-order valence-electron chi connectivity index (χ1n) is 3.51. The van der Waals surface area contributed by atoms with Gasteiger partial charge in [-0.1, -0.05) is 0 Å². The van der Waals surface area contributed by atoms with Crippen molar-refractivity contribution in [3.05, 3.63) is 26.7 Å². The molecule has 0 unspecified atom stereocenters. The molecule has 0 aromatic carbocycles. The molecule has 1 N–H and O–H groups in total. The molecule has 0 atom stereocenters. The molecule has 0 amide bonds. The van der Waals surface area contributed by atoms with E-state index in [1.54, 1.807) is 0 Å². The van der Waals surface area contributed by atoms with Crippen LogP contribution >= 0.6 is 15.9 Å². The molecule has 0 radical (unpaired) electrons. The topological polar surface area (TPSA) is 67.5 Å². The summed E-state index contributed by atoms with van der Waals surface area (Å²) in [7, 11) is 0. The zero-order chi connectivity index (χ0) is 10.0. The Morgan fingerprint density at radius 1 is 1.69 bits per heavy atom. The Kier molecular flexibility index (Phi) is 2.87. The van der Waals surface area contributed by atoms with E-state index in [1.807, 2.05) is 0 Å². The molecule has 0 aliphatic heterocycles. The summed E-state index contributed by atoms with van der Waals surface area (Å²) in [5.41, 5.74) is -0.684. The smallest absolute Gasteiger partial charge is 0.354 e. The van der Waals surface area contributed by atoms with Crippen LogP contribution in [-0.4, -0.2) is 10.9 Å². The summed E-state index contributed by atoms with van der Waals surface area (Å²) in [5.74, 6) is -0.185. The van der Waals surface area contributed by atoms with Crippen LogP contribution in [0.5, 0.6) is 5.75 Å². The molecular weight excluding hydrogens is 240 g/mol. The third-order valence-corrected chi connectivity index (χ3v) is 2.08. The molecule has 0 fully saturated rings. The second kappa shape index (κ2) is 3.74. The van der Waals surface area contributed by atoms with Gasteiger partial charge in [-0.05, 0) is 22.9 Å². The molecule has 0 saturated heterocycles. The van der Waals surface area contributed by atoms with Gasteiger partial charge in [-0.25, -0.2) is 4.79 Å². The predicted molar refractivity (Wildman–Crippen MR) is 48.7 cm³/mol. The highest BCUT2D eigenvalue weighted by molar-refractivity contribution is 9.10. The van der Waals surface area contributed by atoms with Crippen molar-refractivity contribution in [1.82, 2.24) is 0 Å². The third kappa shape index (κ3) is 2.42. The van der Waals surface area contributed by atoms with E-state index in [-0.39, 0.29) is 28.2 Å². The minimum Gasteiger partial charge on any atom is -0.506 e. The van der Waals surface area contributed by atoms with Gasteiger partial charge in [-0.3, -0.25) is 4.79 Å². The summed E-state index contributed by atoms with van der Waals surface area (Å²) in [6, 6.07) is 1.24. The van der Waals surface area contributed by atoms with Crippen LogP contribution in [0.15, 0.2) is 19.8 Å². The second-order valence-corrected chi connectivity index (χ2v) is 3.37. The highest BCUT2D eigenvalue weighted by Crippen LogP contribution is 2.20. The summed E-state index contributed by atoms with van der Waals surface area (Å²) >= 11 is 2.84. The number of hydrogen-bond donors (Lipinski definition) is 1. The number of carbonyl (C=O) groups excluding carboxylic acids is 1. The summed E-state index contributed by atoms with van der Waals surface area (Å²) < 4.78 is 4.69. The van der Waals surface area contributed by atoms with Crippen LogP contribution in [0.25, 0.3) is 0 Å². The number of rotatable bonds is 2. The summed E-state index contributed by atoms with van der Waals surface area (Å²) in [6.07, 6.45) is 0.01000. The van der Waals surface area contributed by atoms with Crippen LogP contribution in [0.4, 0.5) is 0 Å². The zero-order valence-corrected chi connectivity index (χ0v) is 8.42. The fraction of sp³-hybridized carbons (Fsp3) is 0.250. The van der Waals surface area contributed by atoms with Gasteiger partial charge in [0.05, 0.1) is 6.42 Å². The summed E-state index contributed by atoms with van der Waals surface area (Å²) in [6.45, 7) is 1.37. The number of hydrogen-bond acceptors (Lipinski definition) is 4. The fourth-order valence-corrected chi connectivity index (χ4v) is 1.04. The van der Waals surface area contributed by atoms with Crippen LogP contribution < -0.4 is 5.63 Å². The highest BCUT2D eigenvalue weighted by Gasteiger charge is 2.09. The number of aromatic hydroxyl groups is 1. The van der Waals surface area contributed by atoms with Gasteiger partial charge >= 0.3 is 5.63 Å². The molecule has 5 heteroatoms. The SMILES string of the molecule is CC(=O)Cc1cc(O)c(Br)c(=O)o1. The molecule has 1 rings (SSSR count). The van der Waals surface area contributed by atoms with Gasteiger partial charge in [0.2, 0.25) is 0 Å². The Bertz CT molecular complexity index is 394. The maximum absolute atomic E-state index is 11.0. The Hall–Kier alpha value is -1.10. The second-order valence-electron chi connectivity index (χ2n) is 2.58. The van der Waals surface area contributed by atoms with Gasteiger partial charge in [-0.2, -0.15) is 0 Å². The quantitative estimate of drug-likeness (QED) is 0.853. The van der Waals surface area contributed by atoms with Gasteiger partial charge in [0.25, 0.3) is 0 Å². The molecule has 0 aliphatic carbocycles. The van der Waals surface area contributed by atoms with Gasteiger partial charge in [0.1, 0.15) is 21.8 Å². The van der Waals surface area contributed by atoms with Crippen molar-refractivity contribution < 1.29 is 14.3 Å². The molecule has 0 saturated carbocycles. The number of halogens is 1. The molecule has 1 heterocycles. The van der Waals surface area contributed by atoms with E-state index in [1.165, 1.54) is 13.0 Å². The number of carbonyl (C=O) groups is 1. The first-order chi connectivity index (χ1) is 6.00. The first kappa shape index (κ1) is 9.98. The fourth-order valence-electron chi connectivity index (χ4n) is 0.846. The molecule has 1 aromatic rings. The normalized spacial score (nSPS) is 10.0. The van der Waals surface area contributed by atoms with E-state index in [0.29, 0.717) is 0 Å². The standard InChI is InChI=1S/C8H7BrO4/c1-4(10)2-5-3-6(11)7(9)8(12)13-5/h3,11H,2H2,1H3. The molecule has 0 aliphatic rings. The first-order valence-corrected chi connectivity index (χ1v) is 4.31. The van der Waals surface area contributed by atoms with Crippen LogP contribution in [0.2, 0.25) is 0 Å². The van der Waals surface area contributed by atoms with E-state index in [9.17, 15) is 14.7 Å². The Morgan fingerprint density at radius 3 is 2.77 bits per heavy atom. The van der Waals surface area contributed by atoms with Crippen molar-refractivity contribution in [3.63, 3.8) is 0 Å². The maximum atomic E-state index is 11.0. The van der Waals surface area contributed by atoms with E-state index in [2.05, 4.69) is 15.9 Å². The molecule has 4 nitrogen and oxygen atoms in total. The van der Waals surface area contributed by atoms with Crippen molar-refractivity contribution >= 4 is 21.7 Å². The average Bonchev–Trinajstić information content (AvgIpc) is 1.98. The van der Waals surface area contributed by atoms with Crippen molar-refractivity contribution in [1.29, 1.82) is 0 Å². The molecule has 0 bridgehead atoms. The maximum Gasteiger partial charge on any atom is 0.354 e. The molecule has 70 valence electrons. The lowest BCUT2D eigenvalue weighted by atomic mass is 10.2. The molecular formula is C8H7BrO4. The van der Waals surface area contributed by atoms with Crippen molar-refractivity contribution in [2.45, 2.75) is 13.3 Å². The van der Waals surface area contributed by atoms with Crippen molar-refractivity contribution in [2.24, 2.45) is 0 Å². The van der Waals surface area contributed by atoms with Gasteiger partial charge in [0, 0.05) is 6.07 Å². The lowest BCUT2D eigenvalue weighted by molar-refractivity contribution is -0.116. The van der Waals surface area contributed by atoms with Crippen molar-refractivity contribution in [3.8, 4) is 5.75 Å². The third-order valence-electron chi connectivity index (χ3n) is 1.35. The Balaban J connectivity index is 3.13. The number of Topliss-reactive ketones (excluding diaryl/α,β-unsaturated/α-hetero) is 1. The average molecular weight is 247 g/mol. The monoisotopic (exact) mass is 246 g/mol. The minimum atomic E-state index is -0.684. The van der Waals surface area contributed by atoms with E-state index in [4.69, 9.17) is 4.42 Å². The van der Waals surface area contributed by atoms with E-state index in [0.717, 1.165) is 0 Å². The highest BCUT2D eigenvalue weighted by atomic mass is 79.9. The van der Waals surface area contributed by atoms with Crippen LogP contribution in [0, 0.1) is 0 Å². The lowest BCUT2D eigenvalue weighted by Gasteiger charge is -1.98. The Morgan fingerprint density at radius 2 is 2.31 bits per heavy atom. The zero-order valence-electron chi connectivity index (χ0n) is 6.83. The molecule has 0 spiro atoms.